The summed E-state index contributed by atoms with van der Waals surface area (Å²) < 4.78 is 0. The molecule has 2 heterocycles. The number of carbonyl (C=O) groups excluding carboxylic acids is 1. The summed E-state index contributed by atoms with van der Waals surface area (Å²) >= 11 is 0. The van der Waals surface area contributed by atoms with Gasteiger partial charge in [0.1, 0.15) is 0 Å². The fraction of sp³-hybridized carbons (Fsp3) is 0.250. The quantitative estimate of drug-likeness (QED) is 0.843. The number of nitrogens with zero attached hydrogens (tertiary/aromatic N) is 3. The maximum absolute atomic E-state index is 12.1. The number of hydrogen-bond donors (Lipinski definition) is 2. The third-order valence-electron chi connectivity index (χ3n) is 2.69. The number of nitrogens with one attached hydrogen (secondary N) is 1. The van der Waals surface area contributed by atoms with Gasteiger partial charge in [0.05, 0.1) is 11.4 Å². The van der Waals surface area contributed by atoms with Crippen LogP contribution in [0.25, 0.3) is 0 Å². The highest BCUT2D eigenvalue weighted by Crippen LogP contribution is 2.15. The first-order chi connectivity index (χ1) is 8.59. The van der Waals surface area contributed by atoms with Gasteiger partial charge in [-0.15, -0.1) is 0 Å². The molecule has 0 atom stereocenters. The van der Waals surface area contributed by atoms with E-state index in [0.717, 1.165) is 5.56 Å². The van der Waals surface area contributed by atoms with Gasteiger partial charge >= 0.3 is 0 Å². The van der Waals surface area contributed by atoms with E-state index in [1.807, 2.05) is 12.1 Å². The topological polar surface area (TPSA) is 87.9 Å². The Kier molecular flexibility index (Phi) is 3.27. The first-order valence-corrected chi connectivity index (χ1v) is 5.54. The molecule has 0 fully saturated rings. The molecule has 6 heteroatoms. The van der Waals surface area contributed by atoms with Crippen molar-refractivity contribution in [2.24, 2.45) is 0 Å². The Morgan fingerprint density at radius 3 is 2.89 bits per heavy atom. The summed E-state index contributed by atoms with van der Waals surface area (Å²) in [6.45, 7) is 2.25. The molecule has 0 aliphatic heterocycles. The first-order valence-electron chi connectivity index (χ1n) is 5.54. The maximum Gasteiger partial charge on any atom is 0.276 e. The molecule has 3 N–H and O–H groups in total. The Morgan fingerprint density at radius 2 is 2.33 bits per heavy atom. The lowest BCUT2D eigenvalue weighted by Gasteiger charge is -2.15. The average Bonchev–Trinajstić information content (AvgIpc) is 2.70. The van der Waals surface area contributed by atoms with Gasteiger partial charge in [-0.2, -0.15) is 5.10 Å². The number of rotatable bonds is 3. The third-order valence-corrected chi connectivity index (χ3v) is 2.69. The molecule has 2 aromatic rings. The zero-order chi connectivity index (χ0) is 13.1. The summed E-state index contributed by atoms with van der Waals surface area (Å²) in [5, 5.41) is 6.62. The molecule has 0 aromatic carbocycles. The number of hydrogen-bond acceptors (Lipinski definition) is 4. The monoisotopic (exact) mass is 245 g/mol. The minimum absolute atomic E-state index is 0.208. The van der Waals surface area contributed by atoms with E-state index in [4.69, 9.17) is 5.73 Å². The van der Waals surface area contributed by atoms with Crippen LogP contribution in [0.15, 0.2) is 24.5 Å². The molecule has 94 valence electrons. The van der Waals surface area contributed by atoms with Crippen molar-refractivity contribution in [1.29, 1.82) is 0 Å². The van der Waals surface area contributed by atoms with Crippen LogP contribution in [0.5, 0.6) is 0 Å². The van der Waals surface area contributed by atoms with Crippen molar-refractivity contribution in [3.8, 4) is 0 Å². The molecule has 18 heavy (non-hydrogen) atoms. The zero-order valence-electron chi connectivity index (χ0n) is 10.3. The largest absolute Gasteiger partial charge is 0.395 e. The Bertz CT molecular complexity index is 549. The molecule has 0 radical (unpaired) electrons. The molecule has 0 unspecified atom stereocenters. The number of aromatic amines is 1. The molecule has 0 spiro atoms. The Balaban J connectivity index is 2.12. The van der Waals surface area contributed by atoms with Crippen LogP contribution in [0.1, 0.15) is 21.7 Å². The van der Waals surface area contributed by atoms with Gasteiger partial charge < -0.3 is 10.6 Å². The van der Waals surface area contributed by atoms with Gasteiger partial charge in [-0.3, -0.25) is 14.9 Å². The highest BCUT2D eigenvalue weighted by Gasteiger charge is 2.19. The van der Waals surface area contributed by atoms with Crippen LogP contribution in [0.3, 0.4) is 0 Å². The number of aryl methyl sites for hydroxylation is 1. The molecule has 0 aliphatic rings. The van der Waals surface area contributed by atoms with Crippen LogP contribution < -0.4 is 5.73 Å². The number of pyridine rings is 1. The predicted molar refractivity (Wildman–Crippen MR) is 67.8 cm³/mol. The average molecular weight is 245 g/mol. The lowest BCUT2D eigenvalue weighted by atomic mass is 10.2. The number of carbonyl (C=O) groups is 1. The summed E-state index contributed by atoms with van der Waals surface area (Å²) in [6, 6.07) is 3.75. The van der Waals surface area contributed by atoms with E-state index in [0.29, 0.717) is 17.9 Å². The van der Waals surface area contributed by atoms with Crippen molar-refractivity contribution >= 4 is 11.6 Å². The highest BCUT2D eigenvalue weighted by atomic mass is 16.2. The van der Waals surface area contributed by atoms with Gasteiger partial charge in [0.2, 0.25) is 0 Å². The highest BCUT2D eigenvalue weighted by molar-refractivity contribution is 5.97. The van der Waals surface area contributed by atoms with Crippen molar-refractivity contribution in [1.82, 2.24) is 20.1 Å². The molecule has 6 nitrogen and oxygen atoms in total. The summed E-state index contributed by atoms with van der Waals surface area (Å²) in [4.78, 5) is 17.7. The van der Waals surface area contributed by atoms with Crippen LogP contribution in [0.4, 0.5) is 5.69 Å². The predicted octanol–water partition coefficient (Wildman–Crippen LogP) is 0.968. The summed E-state index contributed by atoms with van der Waals surface area (Å²) in [7, 11) is 1.71. The van der Waals surface area contributed by atoms with Crippen molar-refractivity contribution in [3.63, 3.8) is 0 Å². The van der Waals surface area contributed by atoms with E-state index < -0.39 is 0 Å². The first kappa shape index (κ1) is 12.1. The van der Waals surface area contributed by atoms with Crippen molar-refractivity contribution in [3.05, 3.63) is 41.5 Å². The van der Waals surface area contributed by atoms with Crippen LogP contribution in [0, 0.1) is 6.92 Å². The second kappa shape index (κ2) is 4.87. The fourth-order valence-corrected chi connectivity index (χ4v) is 1.62. The summed E-state index contributed by atoms with van der Waals surface area (Å²) in [5.41, 5.74) is 8.10. The number of nitrogens with two attached hydrogens (primary N) is 1. The third kappa shape index (κ3) is 2.32. The smallest absolute Gasteiger partial charge is 0.276 e. The van der Waals surface area contributed by atoms with E-state index in [2.05, 4.69) is 15.2 Å². The van der Waals surface area contributed by atoms with Crippen LogP contribution in [0.2, 0.25) is 0 Å². The minimum atomic E-state index is -0.208. The summed E-state index contributed by atoms with van der Waals surface area (Å²) in [6.07, 6.45) is 3.42. The minimum Gasteiger partial charge on any atom is -0.395 e. The summed E-state index contributed by atoms with van der Waals surface area (Å²) in [5.74, 6) is -0.208. The molecule has 0 saturated carbocycles. The Labute approximate surface area is 105 Å². The zero-order valence-corrected chi connectivity index (χ0v) is 10.3. The van der Waals surface area contributed by atoms with Crippen LogP contribution in [-0.2, 0) is 6.54 Å². The Morgan fingerprint density at radius 1 is 1.56 bits per heavy atom. The molecular weight excluding hydrogens is 230 g/mol. The number of aromatic nitrogens is 3. The molecule has 0 bridgehead atoms. The van der Waals surface area contributed by atoms with Gasteiger partial charge in [-0.1, -0.05) is 6.07 Å². The lowest BCUT2D eigenvalue weighted by Crippen LogP contribution is -2.27. The molecule has 0 aliphatic carbocycles. The number of nitrogen functional groups attached to an aromatic ring is 1. The van der Waals surface area contributed by atoms with Gasteiger partial charge in [-0.25, -0.2) is 0 Å². The second-order valence-electron chi connectivity index (χ2n) is 4.13. The normalized spacial score (nSPS) is 10.3. The fourth-order valence-electron chi connectivity index (χ4n) is 1.62. The van der Waals surface area contributed by atoms with Gasteiger partial charge in [0.25, 0.3) is 5.91 Å². The number of amides is 1. The van der Waals surface area contributed by atoms with Crippen molar-refractivity contribution < 1.29 is 4.79 Å². The molecular formula is C12H15N5O. The standard InChI is InChI=1S/C12H15N5O/c1-8-10(13)11(16-15-8)12(18)17(2)7-9-4-3-5-14-6-9/h3-6H,7,13H2,1-2H3,(H,15,16). The van der Waals surface area contributed by atoms with Gasteiger partial charge in [0.15, 0.2) is 5.69 Å². The van der Waals surface area contributed by atoms with Crippen molar-refractivity contribution in [2.45, 2.75) is 13.5 Å². The van der Waals surface area contributed by atoms with Crippen molar-refractivity contribution in [2.75, 3.05) is 12.8 Å². The van der Waals surface area contributed by atoms with Crippen LogP contribution >= 0.6 is 0 Å². The van der Waals surface area contributed by atoms with E-state index in [1.165, 1.54) is 0 Å². The van der Waals surface area contributed by atoms with E-state index in [1.54, 1.807) is 31.3 Å². The van der Waals surface area contributed by atoms with Crippen LogP contribution in [-0.4, -0.2) is 33.0 Å². The lowest BCUT2D eigenvalue weighted by molar-refractivity contribution is 0.0780. The molecule has 2 aromatic heterocycles. The maximum atomic E-state index is 12.1. The van der Waals surface area contributed by atoms with E-state index >= 15 is 0 Å². The molecule has 0 saturated heterocycles. The SMILES string of the molecule is Cc1[nH]nc(C(=O)N(C)Cc2cccnc2)c1N. The molecule has 2 rings (SSSR count). The number of anilines is 1. The Hall–Kier alpha value is -2.37. The molecule has 1 amide bonds. The van der Waals surface area contributed by atoms with E-state index in [9.17, 15) is 4.79 Å². The van der Waals surface area contributed by atoms with Gasteiger partial charge in [0, 0.05) is 26.0 Å². The number of H-pyrrole nitrogens is 1. The van der Waals surface area contributed by atoms with E-state index in [-0.39, 0.29) is 11.6 Å². The second-order valence-corrected chi connectivity index (χ2v) is 4.13. The van der Waals surface area contributed by atoms with Gasteiger partial charge in [-0.05, 0) is 18.6 Å².